The standard InChI is InChI=1S/C14H21N5O2/c1-10(2)18-5-4-12(17-18)8-19-14(20)6-13(7-16-19)21-9-11(3)15/h4-7,10-11H,8-9,15H2,1-3H3. The van der Waals surface area contributed by atoms with Gasteiger partial charge >= 0.3 is 0 Å². The lowest BCUT2D eigenvalue weighted by atomic mass is 10.4. The third-order valence-electron chi connectivity index (χ3n) is 2.86. The lowest BCUT2D eigenvalue weighted by Gasteiger charge is -2.09. The van der Waals surface area contributed by atoms with Crippen molar-refractivity contribution in [1.29, 1.82) is 0 Å². The zero-order chi connectivity index (χ0) is 15.4. The molecule has 2 aromatic rings. The fourth-order valence-corrected chi connectivity index (χ4v) is 1.75. The maximum atomic E-state index is 12.0. The van der Waals surface area contributed by atoms with Crippen molar-refractivity contribution < 1.29 is 4.74 Å². The van der Waals surface area contributed by atoms with E-state index < -0.39 is 0 Å². The van der Waals surface area contributed by atoms with E-state index >= 15 is 0 Å². The maximum Gasteiger partial charge on any atom is 0.270 e. The van der Waals surface area contributed by atoms with Crippen LogP contribution in [0.25, 0.3) is 0 Å². The van der Waals surface area contributed by atoms with E-state index in [-0.39, 0.29) is 17.6 Å². The topological polar surface area (TPSA) is 88.0 Å². The Morgan fingerprint density at radius 2 is 2.14 bits per heavy atom. The van der Waals surface area contributed by atoms with E-state index in [4.69, 9.17) is 10.5 Å². The quantitative estimate of drug-likeness (QED) is 0.850. The number of rotatable bonds is 6. The fraction of sp³-hybridized carbons (Fsp3) is 0.500. The minimum absolute atomic E-state index is 0.0903. The van der Waals surface area contributed by atoms with Gasteiger partial charge in [0.05, 0.1) is 18.4 Å². The third kappa shape index (κ3) is 4.16. The summed E-state index contributed by atoms with van der Waals surface area (Å²) in [6, 6.07) is 3.49. The van der Waals surface area contributed by atoms with Crippen LogP contribution in [0.2, 0.25) is 0 Å². The Bertz CT molecular complexity index is 645. The van der Waals surface area contributed by atoms with Crippen LogP contribution in [0.3, 0.4) is 0 Å². The van der Waals surface area contributed by atoms with Gasteiger partial charge in [0.15, 0.2) is 0 Å². The van der Waals surface area contributed by atoms with Crippen LogP contribution < -0.4 is 16.0 Å². The minimum Gasteiger partial charge on any atom is -0.490 e. The molecule has 2 rings (SSSR count). The van der Waals surface area contributed by atoms with Crippen LogP contribution in [0.4, 0.5) is 0 Å². The molecule has 21 heavy (non-hydrogen) atoms. The monoisotopic (exact) mass is 291 g/mol. The van der Waals surface area contributed by atoms with Crippen molar-refractivity contribution >= 4 is 0 Å². The zero-order valence-corrected chi connectivity index (χ0v) is 12.6. The van der Waals surface area contributed by atoms with Gasteiger partial charge in [0.1, 0.15) is 12.4 Å². The predicted octanol–water partition coefficient (Wildman–Crippen LogP) is 0.795. The molecular formula is C14H21N5O2. The number of hydrogen-bond donors (Lipinski definition) is 1. The van der Waals surface area contributed by atoms with Crippen molar-refractivity contribution in [2.75, 3.05) is 6.61 Å². The summed E-state index contributed by atoms with van der Waals surface area (Å²) in [6.45, 7) is 6.62. The number of ether oxygens (including phenoxy) is 1. The average molecular weight is 291 g/mol. The molecular weight excluding hydrogens is 270 g/mol. The number of aromatic nitrogens is 4. The maximum absolute atomic E-state index is 12.0. The molecule has 0 aliphatic rings. The molecule has 0 spiro atoms. The summed E-state index contributed by atoms with van der Waals surface area (Å²) in [6.07, 6.45) is 3.41. The SMILES string of the molecule is CC(N)COc1cnn(Cc2ccn(C(C)C)n2)c(=O)c1. The molecule has 0 bridgehead atoms. The molecule has 0 aliphatic carbocycles. The van der Waals surface area contributed by atoms with Crippen molar-refractivity contribution in [3.8, 4) is 5.75 Å². The highest BCUT2D eigenvalue weighted by molar-refractivity contribution is 5.14. The van der Waals surface area contributed by atoms with Gasteiger partial charge in [-0.2, -0.15) is 10.2 Å². The van der Waals surface area contributed by atoms with E-state index in [0.29, 0.717) is 18.9 Å². The van der Waals surface area contributed by atoms with Crippen LogP contribution in [0, 0.1) is 0 Å². The number of nitrogens with zero attached hydrogens (tertiary/aromatic N) is 4. The molecule has 7 nitrogen and oxygen atoms in total. The first-order chi connectivity index (χ1) is 9.95. The van der Waals surface area contributed by atoms with Crippen molar-refractivity contribution in [2.45, 2.75) is 39.4 Å². The Morgan fingerprint density at radius 3 is 2.71 bits per heavy atom. The van der Waals surface area contributed by atoms with Gasteiger partial charge in [-0.1, -0.05) is 0 Å². The molecule has 0 aliphatic heterocycles. The van der Waals surface area contributed by atoms with Gasteiger partial charge in [0.2, 0.25) is 0 Å². The van der Waals surface area contributed by atoms with Gasteiger partial charge in [0.25, 0.3) is 5.56 Å². The van der Waals surface area contributed by atoms with E-state index in [1.807, 2.05) is 37.7 Å². The first-order valence-electron chi connectivity index (χ1n) is 6.95. The lowest BCUT2D eigenvalue weighted by Crippen LogP contribution is -2.26. The molecule has 0 fully saturated rings. The van der Waals surface area contributed by atoms with Crippen LogP contribution in [0.5, 0.6) is 5.75 Å². The first-order valence-corrected chi connectivity index (χ1v) is 6.95. The highest BCUT2D eigenvalue weighted by Gasteiger charge is 2.06. The van der Waals surface area contributed by atoms with E-state index in [1.54, 1.807) is 0 Å². The van der Waals surface area contributed by atoms with Crippen LogP contribution in [0.15, 0.2) is 29.3 Å². The van der Waals surface area contributed by atoms with Crippen molar-refractivity contribution in [2.24, 2.45) is 5.73 Å². The molecule has 2 aromatic heterocycles. The van der Waals surface area contributed by atoms with Crippen molar-refractivity contribution in [3.63, 3.8) is 0 Å². The largest absolute Gasteiger partial charge is 0.490 e. The summed E-state index contributed by atoms with van der Waals surface area (Å²) in [5, 5.41) is 8.49. The van der Waals surface area contributed by atoms with E-state index in [9.17, 15) is 4.79 Å². The molecule has 0 saturated carbocycles. The summed E-state index contributed by atoms with van der Waals surface area (Å²) in [4.78, 5) is 12.0. The Morgan fingerprint density at radius 1 is 1.38 bits per heavy atom. The van der Waals surface area contributed by atoms with Crippen LogP contribution in [0.1, 0.15) is 32.5 Å². The van der Waals surface area contributed by atoms with E-state index in [0.717, 1.165) is 5.69 Å². The summed E-state index contributed by atoms with van der Waals surface area (Å²) in [5.74, 6) is 0.432. The Kier molecular flexibility index (Phi) is 4.74. The molecule has 1 atom stereocenters. The second kappa shape index (κ2) is 6.53. The second-order valence-electron chi connectivity index (χ2n) is 5.36. The molecule has 0 amide bonds. The summed E-state index contributed by atoms with van der Waals surface area (Å²) >= 11 is 0. The molecule has 1 unspecified atom stereocenters. The summed E-state index contributed by atoms with van der Waals surface area (Å²) < 4.78 is 8.57. The Labute approximate surface area is 123 Å². The van der Waals surface area contributed by atoms with Crippen LogP contribution >= 0.6 is 0 Å². The molecule has 0 radical (unpaired) electrons. The fourth-order valence-electron chi connectivity index (χ4n) is 1.75. The predicted molar refractivity (Wildman–Crippen MR) is 79.4 cm³/mol. The molecule has 0 aromatic carbocycles. The molecule has 7 heteroatoms. The van der Waals surface area contributed by atoms with Gasteiger partial charge in [-0.15, -0.1) is 0 Å². The first kappa shape index (κ1) is 15.2. The second-order valence-corrected chi connectivity index (χ2v) is 5.36. The number of hydrogen-bond acceptors (Lipinski definition) is 5. The smallest absolute Gasteiger partial charge is 0.270 e. The third-order valence-corrected chi connectivity index (χ3v) is 2.86. The Hall–Kier alpha value is -2.15. The van der Waals surface area contributed by atoms with Crippen LogP contribution in [-0.2, 0) is 6.54 Å². The zero-order valence-electron chi connectivity index (χ0n) is 12.6. The normalized spacial score (nSPS) is 12.6. The lowest BCUT2D eigenvalue weighted by molar-refractivity contribution is 0.293. The van der Waals surface area contributed by atoms with Gasteiger partial charge in [0, 0.05) is 24.3 Å². The number of nitrogens with two attached hydrogens (primary N) is 1. The Balaban J connectivity index is 2.08. The highest BCUT2D eigenvalue weighted by Crippen LogP contribution is 2.06. The molecule has 0 saturated heterocycles. The molecule has 114 valence electrons. The van der Waals surface area contributed by atoms with Crippen LogP contribution in [-0.4, -0.2) is 32.2 Å². The van der Waals surface area contributed by atoms with Gasteiger partial charge in [-0.3, -0.25) is 9.48 Å². The summed E-state index contributed by atoms with van der Waals surface area (Å²) in [5.41, 5.74) is 6.17. The van der Waals surface area contributed by atoms with Gasteiger partial charge < -0.3 is 10.5 Å². The minimum atomic E-state index is -0.226. The van der Waals surface area contributed by atoms with Crippen molar-refractivity contribution in [1.82, 2.24) is 19.6 Å². The van der Waals surface area contributed by atoms with Crippen molar-refractivity contribution in [3.05, 3.63) is 40.6 Å². The molecule has 2 N–H and O–H groups in total. The van der Waals surface area contributed by atoms with Gasteiger partial charge in [-0.25, -0.2) is 4.68 Å². The highest BCUT2D eigenvalue weighted by atomic mass is 16.5. The average Bonchev–Trinajstić information content (AvgIpc) is 2.88. The van der Waals surface area contributed by atoms with E-state index in [1.165, 1.54) is 16.9 Å². The van der Waals surface area contributed by atoms with E-state index in [2.05, 4.69) is 10.2 Å². The summed E-state index contributed by atoms with van der Waals surface area (Å²) in [7, 11) is 0. The molecule has 2 heterocycles. The van der Waals surface area contributed by atoms with Gasteiger partial charge in [-0.05, 0) is 26.8 Å².